The number of methoxy groups -OCH3 is 1. The van der Waals surface area contributed by atoms with E-state index in [0.29, 0.717) is 11.3 Å². The minimum Gasteiger partial charge on any atom is -0.497 e. The molecule has 0 spiro atoms. The SMILES string of the molecule is COc1ccc(C(=O)[C@H]2[C@@H](c3ccccc3)C(C#N)(C#N)[C@H]3c4ccccc4C=NN23)cc1. The number of carbonyl (C=O) groups is 1. The quantitative estimate of drug-likeness (QED) is 0.568. The van der Waals surface area contributed by atoms with Crippen LogP contribution in [0.5, 0.6) is 5.75 Å². The standard InChI is InChI=1S/C27H20N4O2/c1-33-21-13-11-19(12-14-21)25(32)24-23(18-7-3-2-4-8-18)27(16-28,17-29)26-22-10-6-5-9-20(22)15-30-31(24)26/h2-15,23-24,26H,1H3/t23-,24-,26-/m1/s1. The second kappa shape index (κ2) is 7.93. The molecular formula is C27H20N4O2. The fourth-order valence-electron chi connectivity index (χ4n) is 5.06. The molecule has 0 saturated carbocycles. The minimum atomic E-state index is -1.51. The van der Waals surface area contributed by atoms with Crippen LogP contribution in [-0.2, 0) is 0 Å². The molecule has 2 aliphatic heterocycles. The van der Waals surface area contributed by atoms with E-state index in [0.717, 1.165) is 16.7 Å². The molecule has 160 valence electrons. The summed E-state index contributed by atoms with van der Waals surface area (Å²) < 4.78 is 5.23. The molecule has 2 aliphatic rings. The average molecular weight is 432 g/mol. The van der Waals surface area contributed by atoms with E-state index in [4.69, 9.17) is 4.74 Å². The van der Waals surface area contributed by atoms with Crippen LogP contribution in [0.2, 0.25) is 0 Å². The molecule has 0 aromatic heterocycles. The van der Waals surface area contributed by atoms with Gasteiger partial charge in [0.05, 0.1) is 25.5 Å². The van der Waals surface area contributed by atoms with E-state index >= 15 is 0 Å². The smallest absolute Gasteiger partial charge is 0.187 e. The molecule has 3 atom stereocenters. The Hall–Kier alpha value is -4.42. The highest BCUT2D eigenvalue weighted by Crippen LogP contribution is 2.59. The number of ether oxygens (including phenoxy) is 1. The number of hydrogen-bond acceptors (Lipinski definition) is 6. The summed E-state index contributed by atoms with van der Waals surface area (Å²) >= 11 is 0. The zero-order chi connectivity index (χ0) is 23.0. The molecule has 3 aromatic carbocycles. The van der Waals surface area contributed by atoms with Gasteiger partial charge in [-0.3, -0.25) is 9.80 Å². The maximum absolute atomic E-state index is 13.9. The maximum Gasteiger partial charge on any atom is 0.187 e. The molecule has 2 heterocycles. The Morgan fingerprint density at radius 3 is 2.30 bits per heavy atom. The van der Waals surface area contributed by atoms with Gasteiger partial charge in [0.15, 0.2) is 11.2 Å². The van der Waals surface area contributed by atoms with Crippen LogP contribution in [0.3, 0.4) is 0 Å². The summed E-state index contributed by atoms with van der Waals surface area (Å²) in [5.41, 5.74) is 1.39. The van der Waals surface area contributed by atoms with E-state index < -0.39 is 23.4 Å². The van der Waals surface area contributed by atoms with Crippen LogP contribution < -0.4 is 4.74 Å². The first-order valence-corrected chi connectivity index (χ1v) is 10.6. The molecule has 5 rings (SSSR count). The Bertz CT molecular complexity index is 1300. The van der Waals surface area contributed by atoms with Gasteiger partial charge in [0, 0.05) is 11.5 Å². The normalized spacial score (nSPS) is 21.9. The van der Waals surface area contributed by atoms with Gasteiger partial charge >= 0.3 is 0 Å². The van der Waals surface area contributed by atoms with E-state index in [2.05, 4.69) is 17.2 Å². The molecule has 0 bridgehead atoms. The summed E-state index contributed by atoms with van der Waals surface area (Å²) in [6.07, 6.45) is 1.70. The van der Waals surface area contributed by atoms with Crippen LogP contribution >= 0.6 is 0 Å². The Morgan fingerprint density at radius 1 is 0.970 bits per heavy atom. The lowest BCUT2D eigenvalue weighted by Crippen LogP contribution is -2.38. The number of hydrazone groups is 1. The maximum atomic E-state index is 13.9. The largest absolute Gasteiger partial charge is 0.497 e. The predicted molar refractivity (Wildman–Crippen MR) is 123 cm³/mol. The fourth-order valence-corrected chi connectivity index (χ4v) is 5.06. The topological polar surface area (TPSA) is 89.5 Å². The Morgan fingerprint density at radius 2 is 1.64 bits per heavy atom. The minimum absolute atomic E-state index is 0.194. The first-order chi connectivity index (χ1) is 16.1. The van der Waals surface area contributed by atoms with Gasteiger partial charge in [-0.15, -0.1) is 0 Å². The molecule has 0 N–H and O–H groups in total. The molecule has 6 heteroatoms. The van der Waals surface area contributed by atoms with Crippen molar-refractivity contribution in [1.82, 2.24) is 5.01 Å². The lowest BCUT2D eigenvalue weighted by atomic mass is 9.67. The number of Topliss-reactive ketones (excluding diaryl/α,β-unsaturated/α-hetero) is 1. The highest BCUT2D eigenvalue weighted by Gasteiger charge is 2.64. The average Bonchev–Trinajstić information content (AvgIpc) is 3.20. The molecule has 1 saturated heterocycles. The van der Waals surface area contributed by atoms with Crippen molar-refractivity contribution < 1.29 is 9.53 Å². The van der Waals surface area contributed by atoms with Crippen LogP contribution in [0.1, 0.15) is 39.0 Å². The predicted octanol–water partition coefficient (Wildman–Crippen LogP) is 4.47. The third-order valence-electron chi connectivity index (χ3n) is 6.58. The van der Waals surface area contributed by atoms with Crippen LogP contribution in [0, 0.1) is 28.1 Å². The number of ketones is 1. The van der Waals surface area contributed by atoms with E-state index in [1.54, 1.807) is 42.6 Å². The molecule has 0 aliphatic carbocycles. The zero-order valence-electron chi connectivity index (χ0n) is 17.9. The second-order valence-corrected chi connectivity index (χ2v) is 8.17. The van der Waals surface area contributed by atoms with Crippen molar-refractivity contribution in [3.05, 3.63) is 101 Å². The number of rotatable bonds is 4. The molecule has 3 aromatic rings. The number of fused-ring (bicyclic) bond motifs is 3. The van der Waals surface area contributed by atoms with Gasteiger partial charge in [-0.05, 0) is 41.0 Å². The fraction of sp³-hybridized carbons (Fsp3) is 0.185. The number of nitrogens with zero attached hydrogens (tertiary/aromatic N) is 4. The van der Waals surface area contributed by atoms with Gasteiger partial charge in [-0.1, -0.05) is 54.6 Å². The molecule has 6 nitrogen and oxygen atoms in total. The van der Waals surface area contributed by atoms with Gasteiger partial charge in [0.2, 0.25) is 0 Å². The van der Waals surface area contributed by atoms with Crippen molar-refractivity contribution in [2.24, 2.45) is 10.5 Å². The first kappa shape index (κ1) is 20.5. The summed E-state index contributed by atoms with van der Waals surface area (Å²) in [4.78, 5) is 13.9. The van der Waals surface area contributed by atoms with E-state index in [9.17, 15) is 15.3 Å². The third-order valence-corrected chi connectivity index (χ3v) is 6.58. The van der Waals surface area contributed by atoms with Crippen LogP contribution in [0.25, 0.3) is 0 Å². The molecule has 0 radical (unpaired) electrons. The Kier molecular flexibility index (Phi) is 4.92. The summed E-state index contributed by atoms with van der Waals surface area (Å²) in [6.45, 7) is 0. The lowest BCUT2D eigenvalue weighted by Gasteiger charge is -2.33. The Labute approximate surface area is 192 Å². The molecular weight excluding hydrogens is 412 g/mol. The number of benzene rings is 3. The van der Waals surface area contributed by atoms with Gasteiger partial charge in [0.1, 0.15) is 17.8 Å². The molecule has 1 fully saturated rings. The second-order valence-electron chi connectivity index (χ2n) is 8.17. The van der Waals surface area contributed by atoms with Crippen molar-refractivity contribution in [2.45, 2.75) is 18.0 Å². The molecule has 33 heavy (non-hydrogen) atoms. The number of hydrogen-bond donors (Lipinski definition) is 0. The molecule has 0 unspecified atom stereocenters. The van der Waals surface area contributed by atoms with Crippen LogP contribution in [0.15, 0.2) is 84.0 Å². The van der Waals surface area contributed by atoms with E-state index in [1.165, 1.54) is 0 Å². The lowest BCUT2D eigenvalue weighted by molar-refractivity contribution is 0.0821. The van der Waals surface area contributed by atoms with Crippen molar-refractivity contribution in [3.8, 4) is 17.9 Å². The number of nitriles is 2. The Balaban J connectivity index is 1.74. The van der Waals surface area contributed by atoms with Gasteiger partial charge in [-0.25, -0.2) is 0 Å². The zero-order valence-corrected chi connectivity index (χ0v) is 17.9. The van der Waals surface area contributed by atoms with Gasteiger partial charge in [0.25, 0.3) is 0 Å². The highest BCUT2D eigenvalue weighted by molar-refractivity contribution is 6.02. The third kappa shape index (κ3) is 3.00. The van der Waals surface area contributed by atoms with E-state index in [1.807, 2.05) is 54.6 Å². The van der Waals surface area contributed by atoms with Gasteiger partial charge in [-0.2, -0.15) is 15.6 Å². The molecule has 0 amide bonds. The summed E-state index contributed by atoms with van der Waals surface area (Å²) in [6, 6.07) is 26.9. The summed E-state index contributed by atoms with van der Waals surface area (Å²) in [7, 11) is 1.57. The van der Waals surface area contributed by atoms with Crippen molar-refractivity contribution in [1.29, 1.82) is 10.5 Å². The summed E-state index contributed by atoms with van der Waals surface area (Å²) in [5, 5.41) is 27.2. The van der Waals surface area contributed by atoms with E-state index in [-0.39, 0.29) is 5.78 Å². The van der Waals surface area contributed by atoms with Crippen LogP contribution in [-0.4, -0.2) is 30.2 Å². The van der Waals surface area contributed by atoms with Crippen molar-refractivity contribution in [3.63, 3.8) is 0 Å². The monoisotopic (exact) mass is 432 g/mol. The highest BCUT2D eigenvalue weighted by atomic mass is 16.5. The van der Waals surface area contributed by atoms with Crippen molar-refractivity contribution in [2.75, 3.05) is 7.11 Å². The number of carbonyl (C=O) groups excluding carboxylic acids is 1. The summed E-state index contributed by atoms with van der Waals surface area (Å²) in [5.74, 6) is -0.249. The first-order valence-electron chi connectivity index (χ1n) is 10.6. The van der Waals surface area contributed by atoms with Crippen molar-refractivity contribution >= 4 is 12.0 Å². The van der Waals surface area contributed by atoms with Gasteiger partial charge < -0.3 is 4.74 Å². The van der Waals surface area contributed by atoms with Crippen LogP contribution in [0.4, 0.5) is 0 Å².